The minimum Gasteiger partial charge on any atom is -0.456 e. The highest BCUT2D eigenvalue weighted by Crippen LogP contribution is 2.49. The van der Waals surface area contributed by atoms with Gasteiger partial charge in [0.2, 0.25) is 0 Å². The Bertz CT molecular complexity index is 3770. The van der Waals surface area contributed by atoms with Crippen LogP contribution >= 0.6 is 22.7 Å². The molecule has 9 aromatic carbocycles. The molecule has 3 nitrogen and oxygen atoms in total. The second-order valence-corrected chi connectivity index (χ2v) is 17.0. The van der Waals surface area contributed by atoms with Crippen molar-refractivity contribution in [2.45, 2.75) is 0 Å². The Morgan fingerprint density at radius 1 is 0.316 bits per heavy atom. The minimum atomic E-state index is 0.859. The van der Waals surface area contributed by atoms with Gasteiger partial charge in [0.05, 0.1) is 0 Å². The number of furan rings is 2. The third-order valence-corrected chi connectivity index (χ3v) is 13.9. The third kappa shape index (κ3) is 4.58. The maximum atomic E-state index is 6.46. The zero-order chi connectivity index (χ0) is 37.2. The average molecular weight is 764 g/mol. The number of fused-ring (bicyclic) bond motifs is 15. The van der Waals surface area contributed by atoms with Crippen LogP contribution in [-0.2, 0) is 0 Å². The highest BCUT2D eigenvalue weighted by molar-refractivity contribution is 7.27. The van der Waals surface area contributed by atoms with E-state index in [0.717, 1.165) is 60.9 Å². The smallest absolute Gasteiger partial charge is 0.137 e. The van der Waals surface area contributed by atoms with Gasteiger partial charge < -0.3 is 13.7 Å². The Hall–Kier alpha value is -6.92. The van der Waals surface area contributed by atoms with Gasteiger partial charge in [-0.25, -0.2) is 0 Å². The van der Waals surface area contributed by atoms with Gasteiger partial charge in [-0.15, -0.1) is 22.7 Å². The highest BCUT2D eigenvalue weighted by Gasteiger charge is 2.21. The van der Waals surface area contributed by atoms with Crippen molar-refractivity contribution in [3.63, 3.8) is 0 Å². The standard InChI is InChI=1S/C52H29NO2S2/c1-5-16-42-34(12-1)36-22-20-33(28-45(36)55-42)53(32-21-24-44-41(27-32)35-13-2-6-17-43(35)54-44)31-11-9-10-30(26-31)40-29-49-51(39-15-4-8-19-47(39)57-49)52-37(40)23-25-48-50(52)38-14-3-7-18-46(38)56-48/h1-29H. The van der Waals surface area contributed by atoms with E-state index in [4.69, 9.17) is 8.83 Å². The fourth-order valence-electron chi connectivity index (χ4n) is 9.14. The van der Waals surface area contributed by atoms with Crippen molar-refractivity contribution in [1.82, 2.24) is 0 Å². The summed E-state index contributed by atoms with van der Waals surface area (Å²) < 4.78 is 18.0. The quantitative estimate of drug-likeness (QED) is 0.179. The molecule has 5 heteroatoms. The topological polar surface area (TPSA) is 29.5 Å². The molecule has 0 atom stereocenters. The Labute approximate surface area is 333 Å². The van der Waals surface area contributed by atoms with Gasteiger partial charge in [-0.3, -0.25) is 0 Å². The second-order valence-electron chi connectivity index (χ2n) is 14.8. The lowest BCUT2D eigenvalue weighted by Gasteiger charge is -2.26. The molecule has 0 unspecified atom stereocenters. The number of rotatable bonds is 4. The largest absolute Gasteiger partial charge is 0.456 e. The van der Waals surface area contributed by atoms with Crippen LogP contribution in [0.5, 0.6) is 0 Å². The molecule has 0 aliphatic heterocycles. The predicted molar refractivity (Wildman–Crippen MR) is 244 cm³/mol. The summed E-state index contributed by atoms with van der Waals surface area (Å²) in [7, 11) is 0. The number of nitrogens with zero attached hydrogens (tertiary/aromatic N) is 1. The molecule has 0 N–H and O–H groups in total. The zero-order valence-corrected chi connectivity index (χ0v) is 32.0. The first-order chi connectivity index (χ1) is 28.2. The fourth-order valence-corrected chi connectivity index (χ4v) is 11.4. The van der Waals surface area contributed by atoms with Crippen molar-refractivity contribution in [2.24, 2.45) is 0 Å². The molecule has 13 aromatic rings. The molecular formula is C52H29NO2S2. The van der Waals surface area contributed by atoms with Crippen LogP contribution in [0, 0.1) is 0 Å². The zero-order valence-electron chi connectivity index (χ0n) is 30.3. The lowest BCUT2D eigenvalue weighted by molar-refractivity contribution is 0.668. The summed E-state index contributed by atoms with van der Waals surface area (Å²) in [6.45, 7) is 0. The molecule has 0 radical (unpaired) electrons. The molecular weight excluding hydrogens is 735 g/mol. The number of hydrogen-bond acceptors (Lipinski definition) is 5. The van der Waals surface area contributed by atoms with Gasteiger partial charge in [-0.2, -0.15) is 0 Å². The van der Waals surface area contributed by atoms with Crippen LogP contribution in [0.2, 0.25) is 0 Å². The monoisotopic (exact) mass is 763 g/mol. The fraction of sp³-hybridized carbons (Fsp3) is 0. The molecule has 4 aromatic heterocycles. The first-order valence-corrected chi connectivity index (χ1v) is 20.8. The highest BCUT2D eigenvalue weighted by atomic mass is 32.1. The summed E-state index contributed by atoms with van der Waals surface area (Å²) >= 11 is 3.77. The molecule has 0 aliphatic carbocycles. The molecule has 0 aliphatic rings. The van der Waals surface area contributed by atoms with Crippen molar-refractivity contribution in [3.05, 3.63) is 176 Å². The summed E-state index contributed by atoms with van der Waals surface area (Å²) in [5.74, 6) is 0. The van der Waals surface area contributed by atoms with E-state index in [9.17, 15) is 0 Å². The molecule has 0 amide bonds. The third-order valence-electron chi connectivity index (χ3n) is 11.6. The van der Waals surface area contributed by atoms with Gasteiger partial charge in [-0.05, 0) is 95.4 Å². The summed E-state index contributed by atoms with van der Waals surface area (Å²) in [4.78, 5) is 2.35. The minimum absolute atomic E-state index is 0.859. The number of thiophene rings is 2. The van der Waals surface area contributed by atoms with Crippen molar-refractivity contribution in [3.8, 4) is 11.1 Å². The Kier molecular flexibility index (Phi) is 6.48. The van der Waals surface area contributed by atoms with Crippen LogP contribution in [0.15, 0.2) is 185 Å². The van der Waals surface area contributed by atoms with Crippen molar-refractivity contribution < 1.29 is 8.83 Å². The van der Waals surface area contributed by atoms with Crippen LogP contribution in [0.25, 0.3) is 106 Å². The molecule has 0 saturated carbocycles. The molecule has 0 fully saturated rings. The van der Waals surface area contributed by atoms with Crippen molar-refractivity contribution >= 4 is 135 Å². The molecule has 0 saturated heterocycles. The van der Waals surface area contributed by atoms with E-state index in [1.165, 1.54) is 62.2 Å². The second kappa shape index (κ2) is 11.8. The lowest BCUT2D eigenvalue weighted by atomic mass is 9.92. The Morgan fingerprint density at radius 2 is 0.877 bits per heavy atom. The van der Waals surface area contributed by atoms with E-state index in [1.807, 2.05) is 46.9 Å². The molecule has 4 heterocycles. The van der Waals surface area contributed by atoms with Gasteiger partial charge in [0.25, 0.3) is 0 Å². The molecule has 0 bridgehead atoms. The van der Waals surface area contributed by atoms with Gasteiger partial charge in [0.15, 0.2) is 0 Å². The average Bonchev–Trinajstić information content (AvgIpc) is 4.03. The van der Waals surface area contributed by atoms with Crippen LogP contribution < -0.4 is 4.90 Å². The maximum absolute atomic E-state index is 6.46. The molecule has 266 valence electrons. The van der Waals surface area contributed by atoms with Gasteiger partial charge in [0, 0.05) is 90.4 Å². The number of benzene rings is 9. The summed E-state index contributed by atoms with van der Waals surface area (Å²) in [5.41, 5.74) is 9.02. The summed E-state index contributed by atoms with van der Waals surface area (Å²) in [6, 6.07) is 63.5. The Balaban J connectivity index is 1.08. The Morgan fingerprint density at radius 3 is 1.67 bits per heavy atom. The van der Waals surface area contributed by atoms with Crippen LogP contribution in [0.4, 0.5) is 17.1 Å². The van der Waals surface area contributed by atoms with E-state index in [-0.39, 0.29) is 0 Å². The maximum Gasteiger partial charge on any atom is 0.137 e. The van der Waals surface area contributed by atoms with Crippen LogP contribution in [0.1, 0.15) is 0 Å². The van der Waals surface area contributed by atoms with Gasteiger partial charge >= 0.3 is 0 Å². The summed E-state index contributed by atoms with van der Waals surface area (Å²) in [6.07, 6.45) is 0. The van der Waals surface area contributed by atoms with E-state index >= 15 is 0 Å². The summed E-state index contributed by atoms with van der Waals surface area (Å²) in [5, 5.41) is 12.4. The molecule has 13 rings (SSSR count). The molecule has 0 spiro atoms. The van der Waals surface area contributed by atoms with Crippen LogP contribution in [0.3, 0.4) is 0 Å². The first kappa shape index (κ1) is 31.3. The number of para-hydroxylation sites is 2. The lowest BCUT2D eigenvalue weighted by Crippen LogP contribution is -2.10. The van der Waals surface area contributed by atoms with Crippen molar-refractivity contribution in [2.75, 3.05) is 4.90 Å². The normalized spacial score (nSPS) is 12.2. The van der Waals surface area contributed by atoms with E-state index in [0.29, 0.717) is 0 Å². The van der Waals surface area contributed by atoms with Crippen molar-refractivity contribution in [1.29, 1.82) is 0 Å². The number of anilines is 3. The van der Waals surface area contributed by atoms with E-state index in [1.54, 1.807) is 0 Å². The SMILES string of the molecule is c1cc(-c2cc3sc4ccccc4c3c3c2ccc2sc4ccccc4c23)cc(N(c2ccc3c(c2)oc2ccccc23)c2ccc3oc4ccccc4c3c2)c1. The first-order valence-electron chi connectivity index (χ1n) is 19.1. The molecule has 57 heavy (non-hydrogen) atoms. The van der Waals surface area contributed by atoms with E-state index in [2.05, 4.69) is 157 Å². The number of hydrogen-bond donors (Lipinski definition) is 0. The van der Waals surface area contributed by atoms with Gasteiger partial charge in [-0.1, -0.05) is 91.0 Å². The van der Waals surface area contributed by atoms with Crippen LogP contribution in [-0.4, -0.2) is 0 Å². The van der Waals surface area contributed by atoms with E-state index < -0.39 is 0 Å². The van der Waals surface area contributed by atoms with Gasteiger partial charge in [0.1, 0.15) is 22.3 Å². The predicted octanol–water partition coefficient (Wildman–Crippen LogP) is 16.5.